The van der Waals surface area contributed by atoms with Gasteiger partial charge in [0.2, 0.25) is 0 Å². The largest absolute Gasteiger partial charge is 0.465 e. The number of methoxy groups -OCH3 is 1. The van der Waals surface area contributed by atoms with Gasteiger partial charge < -0.3 is 4.74 Å². The highest BCUT2D eigenvalue weighted by Crippen LogP contribution is 2.40. The van der Waals surface area contributed by atoms with Crippen LogP contribution in [0.3, 0.4) is 0 Å². The van der Waals surface area contributed by atoms with Crippen LogP contribution in [0.2, 0.25) is 0 Å². The molecule has 0 aromatic rings. The molecule has 2 unspecified atom stereocenters. The van der Waals surface area contributed by atoms with Crippen molar-refractivity contribution in [1.82, 2.24) is 0 Å². The third-order valence-corrected chi connectivity index (χ3v) is 3.14. The molecule has 0 amide bonds. The lowest BCUT2D eigenvalue weighted by atomic mass is 9.80. The molecule has 0 aromatic carbocycles. The molecule has 0 saturated heterocycles. The minimum Gasteiger partial charge on any atom is -0.465 e. The molecule has 0 saturated carbocycles. The van der Waals surface area contributed by atoms with Crippen molar-refractivity contribution in [2.24, 2.45) is 11.8 Å². The zero-order chi connectivity index (χ0) is 10.1. The van der Waals surface area contributed by atoms with Crippen LogP contribution < -0.4 is 0 Å². The lowest BCUT2D eigenvalue weighted by Crippen LogP contribution is -2.18. The SMILES string of the molecule is COC(=O)C1=CC(C)CC2CCC=C12. The fourth-order valence-corrected chi connectivity index (χ4v) is 2.53. The van der Waals surface area contributed by atoms with E-state index in [-0.39, 0.29) is 5.97 Å². The quantitative estimate of drug-likeness (QED) is 0.596. The summed E-state index contributed by atoms with van der Waals surface area (Å²) in [5, 5.41) is 0. The predicted molar refractivity (Wildman–Crippen MR) is 54.7 cm³/mol. The molecular formula is C12H16O2. The molecule has 0 aliphatic heterocycles. The number of rotatable bonds is 1. The maximum absolute atomic E-state index is 11.5. The van der Waals surface area contributed by atoms with E-state index in [1.165, 1.54) is 25.5 Å². The van der Waals surface area contributed by atoms with Crippen molar-refractivity contribution >= 4 is 5.97 Å². The molecule has 0 heterocycles. The molecule has 2 nitrogen and oxygen atoms in total. The van der Waals surface area contributed by atoms with Crippen molar-refractivity contribution in [1.29, 1.82) is 0 Å². The number of allylic oxidation sites excluding steroid dienone is 2. The summed E-state index contributed by atoms with van der Waals surface area (Å²) in [6, 6.07) is 0. The van der Waals surface area contributed by atoms with Gasteiger partial charge in [-0.1, -0.05) is 19.1 Å². The van der Waals surface area contributed by atoms with Crippen LogP contribution >= 0.6 is 0 Å². The van der Waals surface area contributed by atoms with Gasteiger partial charge in [0.05, 0.1) is 12.7 Å². The van der Waals surface area contributed by atoms with Gasteiger partial charge >= 0.3 is 5.97 Å². The molecular weight excluding hydrogens is 176 g/mol. The Labute approximate surface area is 84.6 Å². The number of carbonyl (C=O) groups excluding carboxylic acids is 1. The average molecular weight is 192 g/mol. The first-order valence-electron chi connectivity index (χ1n) is 5.23. The van der Waals surface area contributed by atoms with E-state index < -0.39 is 0 Å². The minimum absolute atomic E-state index is 0.172. The summed E-state index contributed by atoms with van der Waals surface area (Å²) in [6.45, 7) is 2.16. The van der Waals surface area contributed by atoms with Gasteiger partial charge in [-0.2, -0.15) is 0 Å². The van der Waals surface area contributed by atoms with Crippen molar-refractivity contribution < 1.29 is 9.53 Å². The molecule has 2 heteroatoms. The first-order chi connectivity index (χ1) is 6.72. The maximum Gasteiger partial charge on any atom is 0.337 e. The molecule has 2 rings (SSSR count). The van der Waals surface area contributed by atoms with Crippen LogP contribution in [0, 0.1) is 11.8 Å². The van der Waals surface area contributed by atoms with E-state index in [0.717, 1.165) is 12.0 Å². The molecule has 2 atom stereocenters. The van der Waals surface area contributed by atoms with Crippen LogP contribution in [0.5, 0.6) is 0 Å². The van der Waals surface area contributed by atoms with Gasteiger partial charge in [-0.05, 0) is 36.7 Å². The second kappa shape index (κ2) is 3.60. The second-order valence-corrected chi connectivity index (χ2v) is 4.22. The Balaban J connectivity index is 2.31. The molecule has 14 heavy (non-hydrogen) atoms. The van der Waals surface area contributed by atoms with Crippen LogP contribution in [0.25, 0.3) is 0 Å². The summed E-state index contributed by atoms with van der Waals surface area (Å²) in [4.78, 5) is 11.5. The molecule has 0 fully saturated rings. The molecule has 2 aliphatic rings. The standard InChI is InChI=1S/C12H16O2/c1-8-6-9-4-3-5-10(9)11(7-8)12(13)14-2/h5,7-9H,3-4,6H2,1-2H3. The van der Waals surface area contributed by atoms with Gasteiger partial charge in [-0.25, -0.2) is 4.79 Å². The van der Waals surface area contributed by atoms with Crippen LogP contribution in [-0.4, -0.2) is 13.1 Å². The highest BCUT2D eigenvalue weighted by molar-refractivity contribution is 5.94. The smallest absolute Gasteiger partial charge is 0.337 e. The van der Waals surface area contributed by atoms with Gasteiger partial charge in [-0.3, -0.25) is 0 Å². The fraction of sp³-hybridized carbons (Fsp3) is 0.583. The summed E-state index contributed by atoms with van der Waals surface area (Å²) in [6.07, 6.45) is 7.75. The number of esters is 1. The number of fused-ring (bicyclic) bond motifs is 1. The molecule has 0 N–H and O–H groups in total. The normalized spacial score (nSPS) is 30.4. The predicted octanol–water partition coefficient (Wildman–Crippen LogP) is 2.46. The van der Waals surface area contributed by atoms with E-state index in [2.05, 4.69) is 19.1 Å². The van der Waals surface area contributed by atoms with Crippen LogP contribution in [0.15, 0.2) is 23.3 Å². The Kier molecular flexibility index (Phi) is 2.44. The molecule has 0 aromatic heterocycles. The minimum atomic E-state index is -0.172. The molecule has 0 radical (unpaired) electrons. The Morgan fingerprint density at radius 2 is 2.36 bits per heavy atom. The van der Waals surface area contributed by atoms with Crippen LogP contribution in [0.4, 0.5) is 0 Å². The second-order valence-electron chi connectivity index (χ2n) is 4.22. The van der Waals surface area contributed by atoms with Gasteiger partial charge in [0, 0.05) is 0 Å². The zero-order valence-corrected chi connectivity index (χ0v) is 8.75. The fourth-order valence-electron chi connectivity index (χ4n) is 2.53. The summed E-state index contributed by atoms with van der Waals surface area (Å²) < 4.78 is 4.80. The summed E-state index contributed by atoms with van der Waals surface area (Å²) in [5.41, 5.74) is 2.05. The van der Waals surface area contributed by atoms with E-state index in [0.29, 0.717) is 11.8 Å². The van der Waals surface area contributed by atoms with Crippen LogP contribution in [0.1, 0.15) is 26.2 Å². The molecule has 0 spiro atoms. The van der Waals surface area contributed by atoms with Gasteiger partial charge in [0.25, 0.3) is 0 Å². The number of hydrogen-bond donors (Lipinski definition) is 0. The van der Waals surface area contributed by atoms with Crippen LogP contribution in [-0.2, 0) is 9.53 Å². The highest BCUT2D eigenvalue weighted by Gasteiger charge is 2.31. The molecule has 76 valence electrons. The van der Waals surface area contributed by atoms with Crippen molar-refractivity contribution in [3.05, 3.63) is 23.3 Å². The molecule has 2 aliphatic carbocycles. The Morgan fingerprint density at radius 3 is 3.07 bits per heavy atom. The van der Waals surface area contributed by atoms with E-state index in [4.69, 9.17) is 4.74 Å². The third kappa shape index (κ3) is 1.49. The summed E-state index contributed by atoms with van der Waals surface area (Å²) >= 11 is 0. The summed E-state index contributed by atoms with van der Waals surface area (Å²) in [7, 11) is 1.45. The third-order valence-electron chi connectivity index (χ3n) is 3.14. The lowest BCUT2D eigenvalue weighted by molar-refractivity contribution is -0.136. The average Bonchev–Trinajstić information content (AvgIpc) is 2.62. The van der Waals surface area contributed by atoms with E-state index >= 15 is 0 Å². The van der Waals surface area contributed by atoms with E-state index in [9.17, 15) is 4.79 Å². The van der Waals surface area contributed by atoms with Crippen molar-refractivity contribution in [3.63, 3.8) is 0 Å². The van der Waals surface area contributed by atoms with Gasteiger partial charge in [-0.15, -0.1) is 0 Å². The van der Waals surface area contributed by atoms with Crippen molar-refractivity contribution in [3.8, 4) is 0 Å². The zero-order valence-electron chi connectivity index (χ0n) is 8.75. The van der Waals surface area contributed by atoms with Crippen molar-refractivity contribution in [2.45, 2.75) is 26.2 Å². The molecule has 0 bridgehead atoms. The number of carbonyl (C=O) groups is 1. The van der Waals surface area contributed by atoms with E-state index in [1.807, 2.05) is 0 Å². The van der Waals surface area contributed by atoms with Gasteiger partial charge in [0.15, 0.2) is 0 Å². The Morgan fingerprint density at radius 1 is 1.57 bits per heavy atom. The highest BCUT2D eigenvalue weighted by atomic mass is 16.5. The lowest BCUT2D eigenvalue weighted by Gasteiger charge is -2.25. The Bertz CT molecular complexity index is 312. The van der Waals surface area contributed by atoms with Crippen molar-refractivity contribution in [2.75, 3.05) is 7.11 Å². The first-order valence-corrected chi connectivity index (χ1v) is 5.23. The monoisotopic (exact) mass is 192 g/mol. The number of ether oxygens (including phenoxy) is 1. The van der Waals surface area contributed by atoms with E-state index in [1.54, 1.807) is 0 Å². The Hall–Kier alpha value is -1.05. The topological polar surface area (TPSA) is 26.3 Å². The summed E-state index contributed by atoms with van der Waals surface area (Å²) in [5.74, 6) is 0.933. The van der Waals surface area contributed by atoms with Gasteiger partial charge in [0.1, 0.15) is 0 Å². The first kappa shape index (κ1) is 9.50. The number of hydrogen-bond acceptors (Lipinski definition) is 2. The maximum atomic E-state index is 11.5.